The lowest BCUT2D eigenvalue weighted by atomic mass is 10.0. The largest absolute Gasteiger partial charge is 0.482 e. The van der Waals surface area contributed by atoms with E-state index in [0.29, 0.717) is 17.9 Å². The zero-order valence-corrected chi connectivity index (χ0v) is 16.1. The van der Waals surface area contributed by atoms with E-state index in [2.05, 4.69) is 26.6 Å². The average Bonchev–Trinajstić information content (AvgIpc) is 2.55. The van der Waals surface area contributed by atoms with Gasteiger partial charge in [0.25, 0.3) is 5.91 Å². The Morgan fingerprint density at radius 1 is 1.36 bits per heavy atom. The second-order valence-electron chi connectivity index (χ2n) is 6.24. The number of hydrogen-bond acceptors (Lipinski definition) is 4. The molecule has 1 aliphatic rings. The van der Waals surface area contributed by atoms with E-state index in [4.69, 9.17) is 4.74 Å². The van der Waals surface area contributed by atoms with E-state index < -0.39 is 11.9 Å². The molecule has 0 saturated carbocycles. The normalized spacial score (nSPS) is 14.6. The lowest BCUT2D eigenvalue weighted by Crippen LogP contribution is -2.51. The quantitative estimate of drug-likeness (QED) is 0.741. The lowest BCUT2D eigenvalue weighted by molar-refractivity contribution is -0.129. The van der Waals surface area contributed by atoms with Crippen molar-refractivity contribution >= 4 is 39.3 Å². The Morgan fingerprint density at radius 3 is 2.72 bits per heavy atom. The van der Waals surface area contributed by atoms with E-state index >= 15 is 0 Å². The Balaban J connectivity index is 2.11. The second-order valence-corrected chi connectivity index (χ2v) is 7.16. The molecule has 0 radical (unpaired) electrons. The van der Waals surface area contributed by atoms with Crippen LogP contribution in [0.25, 0.3) is 0 Å². The highest BCUT2D eigenvalue weighted by Crippen LogP contribution is 2.34. The molecule has 1 aromatic rings. The molecule has 1 unspecified atom stereocenters. The van der Waals surface area contributed by atoms with Gasteiger partial charge in [-0.1, -0.05) is 29.8 Å². The van der Waals surface area contributed by atoms with E-state index in [9.17, 15) is 14.4 Å². The number of likely N-dealkylation sites (N-methyl/N-ethyl adjacent to an activating group) is 1. The first kappa shape index (κ1) is 19.2. The molecule has 0 aliphatic carbocycles. The molecule has 7 nitrogen and oxygen atoms in total. The number of nitrogens with zero attached hydrogens (tertiary/aromatic N) is 1. The van der Waals surface area contributed by atoms with Crippen molar-refractivity contribution < 1.29 is 19.1 Å². The van der Waals surface area contributed by atoms with Crippen LogP contribution >= 0.6 is 15.9 Å². The Kier molecular flexibility index (Phi) is 6.41. The van der Waals surface area contributed by atoms with Crippen molar-refractivity contribution in [3.05, 3.63) is 22.7 Å². The molecule has 136 valence electrons. The van der Waals surface area contributed by atoms with Crippen LogP contribution in [0.4, 0.5) is 5.69 Å². The van der Waals surface area contributed by atoms with Gasteiger partial charge in [0.1, 0.15) is 18.3 Å². The molecule has 0 fully saturated rings. The fourth-order valence-corrected chi connectivity index (χ4v) is 2.95. The number of fused-ring (bicyclic) bond motifs is 1. The van der Waals surface area contributed by atoms with Crippen molar-refractivity contribution in [3.8, 4) is 5.75 Å². The molecule has 2 rings (SSSR count). The fourth-order valence-electron chi connectivity index (χ4n) is 2.61. The van der Waals surface area contributed by atoms with Crippen LogP contribution in [0.5, 0.6) is 5.75 Å². The molecule has 8 heteroatoms. The molecule has 0 saturated heterocycles. The highest BCUT2D eigenvalue weighted by Gasteiger charge is 2.29. The van der Waals surface area contributed by atoms with E-state index in [1.807, 2.05) is 13.8 Å². The lowest BCUT2D eigenvalue weighted by Gasteiger charge is -2.29. The fraction of sp³-hybridized carbons (Fsp3) is 0.471. The summed E-state index contributed by atoms with van der Waals surface area (Å²) in [4.78, 5) is 37.9. The van der Waals surface area contributed by atoms with Crippen molar-refractivity contribution in [1.82, 2.24) is 10.6 Å². The number of carbonyl (C=O) groups is 3. The average molecular weight is 412 g/mol. The van der Waals surface area contributed by atoms with Crippen molar-refractivity contribution in [2.45, 2.75) is 26.3 Å². The number of amides is 3. The van der Waals surface area contributed by atoms with Gasteiger partial charge < -0.3 is 15.4 Å². The second kappa shape index (κ2) is 8.33. The van der Waals surface area contributed by atoms with Crippen molar-refractivity contribution in [1.29, 1.82) is 0 Å². The van der Waals surface area contributed by atoms with Gasteiger partial charge in [0.15, 0.2) is 6.61 Å². The molecular weight excluding hydrogens is 390 g/mol. The highest BCUT2D eigenvalue weighted by molar-refractivity contribution is 9.10. The van der Waals surface area contributed by atoms with E-state index in [0.717, 1.165) is 4.47 Å². The SMILES string of the molecule is CNC(=O)C(CC(C)C)NC(=O)CN1C(=O)COc2cc(Br)ccc21. The number of benzene rings is 1. The predicted molar refractivity (Wildman–Crippen MR) is 97.4 cm³/mol. The summed E-state index contributed by atoms with van der Waals surface area (Å²) in [6, 6.07) is 4.61. The van der Waals surface area contributed by atoms with Crippen LogP contribution < -0.4 is 20.3 Å². The van der Waals surface area contributed by atoms with Gasteiger partial charge in [0, 0.05) is 11.5 Å². The maximum Gasteiger partial charge on any atom is 0.265 e. The first-order valence-electron chi connectivity index (χ1n) is 8.05. The molecular formula is C17H22BrN3O4. The number of ether oxygens (including phenoxy) is 1. The van der Waals surface area contributed by atoms with Crippen LogP contribution in [0.3, 0.4) is 0 Å². The molecule has 2 N–H and O–H groups in total. The van der Waals surface area contributed by atoms with Gasteiger partial charge in [0.2, 0.25) is 11.8 Å². The number of hydrogen-bond donors (Lipinski definition) is 2. The van der Waals surface area contributed by atoms with E-state index in [1.165, 1.54) is 11.9 Å². The van der Waals surface area contributed by atoms with E-state index in [-0.39, 0.29) is 30.9 Å². The number of rotatable bonds is 6. The molecule has 0 spiro atoms. The van der Waals surface area contributed by atoms with Crippen LogP contribution in [0, 0.1) is 5.92 Å². The summed E-state index contributed by atoms with van der Waals surface area (Å²) < 4.78 is 6.22. The van der Waals surface area contributed by atoms with Gasteiger partial charge in [-0.3, -0.25) is 19.3 Å². The third-order valence-corrected chi connectivity index (χ3v) is 4.27. The van der Waals surface area contributed by atoms with E-state index in [1.54, 1.807) is 18.2 Å². The zero-order valence-electron chi connectivity index (χ0n) is 14.5. The predicted octanol–water partition coefficient (Wildman–Crippen LogP) is 1.45. The summed E-state index contributed by atoms with van der Waals surface area (Å²) >= 11 is 3.35. The van der Waals surface area contributed by atoms with Crippen LogP contribution in [0.15, 0.2) is 22.7 Å². The molecule has 0 aromatic heterocycles. The van der Waals surface area contributed by atoms with Gasteiger partial charge >= 0.3 is 0 Å². The summed E-state index contributed by atoms with van der Waals surface area (Å²) in [5.74, 6) is -0.166. The molecule has 1 aliphatic heterocycles. The Hall–Kier alpha value is -2.09. The summed E-state index contributed by atoms with van der Waals surface area (Å²) in [6.07, 6.45) is 0.520. The molecule has 1 aromatic carbocycles. The maximum atomic E-state index is 12.4. The monoisotopic (exact) mass is 411 g/mol. The van der Waals surface area contributed by atoms with Gasteiger partial charge in [-0.05, 0) is 30.5 Å². The first-order valence-corrected chi connectivity index (χ1v) is 8.84. The van der Waals surface area contributed by atoms with Crippen LogP contribution in [-0.2, 0) is 14.4 Å². The topological polar surface area (TPSA) is 87.7 Å². The minimum Gasteiger partial charge on any atom is -0.482 e. The number of nitrogens with one attached hydrogen (secondary N) is 2. The van der Waals surface area contributed by atoms with Crippen LogP contribution in [0.2, 0.25) is 0 Å². The first-order chi connectivity index (χ1) is 11.8. The summed E-state index contributed by atoms with van der Waals surface area (Å²) in [7, 11) is 1.53. The Morgan fingerprint density at radius 2 is 2.08 bits per heavy atom. The molecule has 1 atom stereocenters. The van der Waals surface area contributed by atoms with Crippen molar-refractivity contribution in [2.24, 2.45) is 5.92 Å². The number of anilines is 1. The molecule has 25 heavy (non-hydrogen) atoms. The maximum absolute atomic E-state index is 12.4. The summed E-state index contributed by atoms with van der Waals surface area (Å²) in [6.45, 7) is 3.66. The molecule has 1 heterocycles. The van der Waals surface area contributed by atoms with Gasteiger partial charge in [-0.2, -0.15) is 0 Å². The Labute approximate surface area is 155 Å². The third kappa shape index (κ3) is 4.94. The van der Waals surface area contributed by atoms with Crippen molar-refractivity contribution in [3.63, 3.8) is 0 Å². The standard InChI is InChI=1S/C17H22BrN3O4/c1-10(2)6-12(17(24)19-3)20-15(22)8-21-13-5-4-11(18)7-14(13)25-9-16(21)23/h4-5,7,10,12H,6,8-9H2,1-3H3,(H,19,24)(H,20,22). The van der Waals surface area contributed by atoms with Gasteiger partial charge in [-0.25, -0.2) is 0 Å². The zero-order chi connectivity index (χ0) is 18.6. The van der Waals surface area contributed by atoms with Gasteiger partial charge in [-0.15, -0.1) is 0 Å². The summed E-state index contributed by atoms with van der Waals surface area (Å²) in [5, 5.41) is 5.26. The third-order valence-electron chi connectivity index (χ3n) is 3.77. The highest BCUT2D eigenvalue weighted by atomic mass is 79.9. The van der Waals surface area contributed by atoms with Crippen molar-refractivity contribution in [2.75, 3.05) is 25.1 Å². The molecule has 3 amide bonds. The van der Waals surface area contributed by atoms with Gasteiger partial charge in [0.05, 0.1) is 5.69 Å². The minimum atomic E-state index is -0.627. The molecule has 0 bridgehead atoms. The number of halogens is 1. The minimum absolute atomic E-state index is 0.123. The smallest absolute Gasteiger partial charge is 0.265 e. The number of carbonyl (C=O) groups excluding carboxylic acids is 3. The van der Waals surface area contributed by atoms with Crippen LogP contribution in [0.1, 0.15) is 20.3 Å². The summed E-state index contributed by atoms with van der Waals surface area (Å²) in [5.41, 5.74) is 0.537. The Bertz CT molecular complexity index is 678. The van der Waals surface area contributed by atoms with Crippen LogP contribution in [-0.4, -0.2) is 44.0 Å².